The zero-order valence-electron chi connectivity index (χ0n) is 17.1. The second-order valence-corrected chi connectivity index (χ2v) is 7.49. The molecule has 0 saturated carbocycles. The number of hydrogen-bond donors (Lipinski definition) is 2. The van der Waals surface area contributed by atoms with Crippen molar-refractivity contribution < 1.29 is 24.1 Å². The molecule has 1 saturated heterocycles. The molecule has 2 aromatic carbocycles. The Morgan fingerprint density at radius 1 is 1.17 bits per heavy atom. The Labute approximate surface area is 171 Å². The summed E-state index contributed by atoms with van der Waals surface area (Å²) in [4.78, 5) is 12.4. The van der Waals surface area contributed by atoms with Crippen LogP contribution in [0.3, 0.4) is 0 Å². The molecule has 1 heterocycles. The number of benzene rings is 2. The van der Waals surface area contributed by atoms with Gasteiger partial charge in [0.1, 0.15) is 11.6 Å². The molecule has 0 bridgehead atoms. The number of rotatable bonds is 7. The second kappa shape index (κ2) is 9.50. The standard InChI is InChI=1S/C23H29NO5/c1-23(17-12-8-5-9-13-17)20(25)15-19(22(28-3)29-23)24-18(21(26)27-2)14-16-10-6-4-7-11-16/h4-13,18-20,22,24-25H,14-15H2,1-3H3/t18-,19-,20+,22-,23-/m0/s1. The third-order valence-corrected chi connectivity index (χ3v) is 5.57. The lowest BCUT2D eigenvalue weighted by molar-refractivity contribution is -0.272. The first-order chi connectivity index (χ1) is 14.0. The smallest absolute Gasteiger partial charge is 0.323 e. The van der Waals surface area contributed by atoms with E-state index >= 15 is 0 Å². The molecule has 1 aliphatic rings. The summed E-state index contributed by atoms with van der Waals surface area (Å²) in [7, 11) is 2.93. The number of aliphatic hydroxyl groups excluding tert-OH is 1. The molecule has 156 valence electrons. The van der Waals surface area contributed by atoms with E-state index in [1.807, 2.05) is 67.6 Å². The Morgan fingerprint density at radius 3 is 2.38 bits per heavy atom. The Bertz CT molecular complexity index is 784. The Hall–Kier alpha value is -2.25. The fraction of sp³-hybridized carbons (Fsp3) is 0.435. The second-order valence-electron chi connectivity index (χ2n) is 7.49. The summed E-state index contributed by atoms with van der Waals surface area (Å²) < 4.78 is 16.8. The number of ether oxygens (including phenoxy) is 3. The van der Waals surface area contributed by atoms with E-state index in [0.717, 1.165) is 11.1 Å². The lowest BCUT2D eigenvalue weighted by Gasteiger charge is -2.46. The van der Waals surface area contributed by atoms with Gasteiger partial charge in [-0.3, -0.25) is 10.1 Å². The summed E-state index contributed by atoms with van der Waals surface area (Å²) in [5, 5.41) is 14.2. The molecule has 6 nitrogen and oxygen atoms in total. The maximum absolute atomic E-state index is 12.4. The van der Waals surface area contributed by atoms with Gasteiger partial charge in [-0.15, -0.1) is 0 Å². The van der Waals surface area contributed by atoms with Crippen LogP contribution in [0.25, 0.3) is 0 Å². The molecule has 5 atom stereocenters. The van der Waals surface area contributed by atoms with Gasteiger partial charge in [0.05, 0.1) is 19.3 Å². The minimum atomic E-state index is -0.902. The van der Waals surface area contributed by atoms with Crippen LogP contribution >= 0.6 is 0 Å². The van der Waals surface area contributed by atoms with Crippen LogP contribution in [0.4, 0.5) is 0 Å². The molecule has 0 amide bonds. The average molecular weight is 399 g/mol. The molecule has 1 aliphatic heterocycles. The van der Waals surface area contributed by atoms with E-state index in [9.17, 15) is 9.90 Å². The molecule has 2 aromatic rings. The number of methoxy groups -OCH3 is 2. The van der Waals surface area contributed by atoms with Gasteiger partial charge in [0.15, 0.2) is 6.29 Å². The number of aliphatic hydroxyl groups is 1. The molecular formula is C23H29NO5. The molecule has 0 aromatic heterocycles. The lowest BCUT2D eigenvalue weighted by Crippen LogP contribution is -2.60. The van der Waals surface area contributed by atoms with Crippen LogP contribution in [-0.4, -0.2) is 49.8 Å². The molecule has 0 aliphatic carbocycles. The minimum Gasteiger partial charge on any atom is -0.468 e. The van der Waals surface area contributed by atoms with Crippen LogP contribution in [0.5, 0.6) is 0 Å². The fourth-order valence-corrected chi connectivity index (χ4v) is 3.83. The predicted molar refractivity (Wildman–Crippen MR) is 109 cm³/mol. The zero-order valence-corrected chi connectivity index (χ0v) is 17.1. The normalized spacial score (nSPS) is 27.9. The SMILES string of the molecule is COC(=O)[C@H](Cc1ccccc1)N[C@H]1C[C@@H](O)[C@](C)(c2ccccc2)O[C@@H]1OC. The first kappa shape index (κ1) is 21.5. The third kappa shape index (κ3) is 4.85. The monoisotopic (exact) mass is 399 g/mol. The van der Waals surface area contributed by atoms with Crippen molar-refractivity contribution in [1.29, 1.82) is 0 Å². The first-order valence-electron chi connectivity index (χ1n) is 9.80. The third-order valence-electron chi connectivity index (χ3n) is 5.57. The molecule has 0 spiro atoms. The topological polar surface area (TPSA) is 77.0 Å². The summed E-state index contributed by atoms with van der Waals surface area (Å²) in [5.74, 6) is -0.366. The van der Waals surface area contributed by atoms with Gasteiger partial charge in [-0.2, -0.15) is 0 Å². The van der Waals surface area contributed by atoms with E-state index in [4.69, 9.17) is 14.2 Å². The van der Waals surface area contributed by atoms with Crippen LogP contribution in [0.15, 0.2) is 60.7 Å². The largest absolute Gasteiger partial charge is 0.468 e. The van der Waals surface area contributed by atoms with Crippen molar-refractivity contribution in [2.24, 2.45) is 0 Å². The van der Waals surface area contributed by atoms with Gasteiger partial charge in [0.2, 0.25) is 0 Å². The van der Waals surface area contributed by atoms with Gasteiger partial charge in [-0.25, -0.2) is 0 Å². The molecule has 29 heavy (non-hydrogen) atoms. The number of carbonyl (C=O) groups excluding carboxylic acids is 1. The van der Waals surface area contributed by atoms with Crippen LogP contribution in [0, 0.1) is 0 Å². The predicted octanol–water partition coefficient (Wildman–Crippen LogP) is 2.40. The van der Waals surface area contributed by atoms with E-state index in [2.05, 4.69) is 5.32 Å². The van der Waals surface area contributed by atoms with E-state index in [1.54, 1.807) is 7.11 Å². The lowest BCUT2D eigenvalue weighted by atomic mass is 9.83. The van der Waals surface area contributed by atoms with E-state index in [0.29, 0.717) is 12.8 Å². The van der Waals surface area contributed by atoms with E-state index in [-0.39, 0.29) is 12.0 Å². The maximum atomic E-state index is 12.4. The summed E-state index contributed by atoms with van der Waals surface area (Å²) in [6.45, 7) is 1.86. The van der Waals surface area contributed by atoms with Crippen LogP contribution in [0.1, 0.15) is 24.5 Å². The van der Waals surface area contributed by atoms with Crippen molar-refractivity contribution in [1.82, 2.24) is 5.32 Å². The Morgan fingerprint density at radius 2 is 1.79 bits per heavy atom. The highest BCUT2D eigenvalue weighted by Gasteiger charge is 2.47. The number of nitrogens with one attached hydrogen (secondary N) is 1. The van der Waals surface area contributed by atoms with Crippen molar-refractivity contribution in [3.63, 3.8) is 0 Å². The highest BCUT2D eigenvalue weighted by molar-refractivity contribution is 5.76. The molecule has 6 heteroatoms. The van der Waals surface area contributed by atoms with Crippen molar-refractivity contribution in [3.05, 3.63) is 71.8 Å². The summed E-state index contributed by atoms with van der Waals surface area (Å²) >= 11 is 0. The van der Waals surface area contributed by atoms with E-state index in [1.165, 1.54) is 7.11 Å². The van der Waals surface area contributed by atoms with Gasteiger partial charge in [-0.1, -0.05) is 60.7 Å². The molecule has 2 N–H and O–H groups in total. The van der Waals surface area contributed by atoms with Crippen molar-refractivity contribution in [3.8, 4) is 0 Å². The number of hydrogen-bond acceptors (Lipinski definition) is 6. The maximum Gasteiger partial charge on any atom is 0.323 e. The average Bonchev–Trinajstić information content (AvgIpc) is 2.76. The number of carbonyl (C=O) groups is 1. The highest BCUT2D eigenvalue weighted by Crippen LogP contribution is 2.38. The van der Waals surface area contributed by atoms with Crippen molar-refractivity contribution in [2.75, 3.05) is 14.2 Å². The summed E-state index contributed by atoms with van der Waals surface area (Å²) in [6.07, 6.45) is -0.575. The first-order valence-corrected chi connectivity index (χ1v) is 9.80. The molecule has 0 radical (unpaired) electrons. The van der Waals surface area contributed by atoms with Gasteiger partial charge in [0.25, 0.3) is 0 Å². The number of esters is 1. The van der Waals surface area contributed by atoms with Crippen molar-refractivity contribution in [2.45, 2.75) is 49.8 Å². The molecular weight excluding hydrogens is 370 g/mol. The van der Waals surface area contributed by atoms with Crippen LogP contribution in [0.2, 0.25) is 0 Å². The Kier molecular flexibility index (Phi) is 7.03. The van der Waals surface area contributed by atoms with E-state index < -0.39 is 24.0 Å². The molecule has 3 rings (SSSR count). The van der Waals surface area contributed by atoms with Crippen LogP contribution < -0.4 is 5.32 Å². The quantitative estimate of drug-likeness (QED) is 0.697. The van der Waals surface area contributed by atoms with Gasteiger partial charge >= 0.3 is 5.97 Å². The fourth-order valence-electron chi connectivity index (χ4n) is 3.83. The highest BCUT2D eigenvalue weighted by atomic mass is 16.7. The summed E-state index contributed by atoms with van der Waals surface area (Å²) in [5.41, 5.74) is 0.984. The molecule has 0 unspecified atom stereocenters. The van der Waals surface area contributed by atoms with Gasteiger partial charge in [-0.05, 0) is 30.9 Å². The van der Waals surface area contributed by atoms with Gasteiger partial charge in [0, 0.05) is 7.11 Å². The summed E-state index contributed by atoms with van der Waals surface area (Å²) in [6, 6.07) is 18.4. The Balaban J connectivity index is 1.78. The van der Waals surface area contributed by atoms with Crippen molar-refractivity contribution >= 4 is 5.97 Å². The zero-order chi connectivity index (χ0) is 20.9. The van der Waals surface area contributed by atoms with Gasteiger partial charge < -0.3 is 19.3 Å². The minimum absolute atomic E-state index is 0.366. The van der Waals surface area contributed by atoms with Crippen LogP contribution in [-0.2, 0) is 31.0 Å². The molecule has 1 fully saturated rings.